The van der Waals surface area contributed by atoms with Crippen LogP contribution in [0.15, 0.2) is 47.4 Å². The van der Waals surface area contributed by atoms with Gasteiger partial charge in [0.15, 0.2) is 0 Å². The number of carbonyl (C=O) groups is 1. The van der Waals surface area contributed by atoms with Crippen molar-refractivity contribution >= 4 is 27.3 Å². The maximum atomic E-state index is 12.5. The zero-order valence-electron chi connectivity index (χ0n) is 14.9. The third-order valence-corrected chi connectivity index (χ3v) is 5.78. The van der Waals surface area contributed by atoms with Gasteiger partial charge in [0, 0.05) is 25.4 Å². The number of fused-ring (bicyclic) bond motifs is 1. The Hall–Kier alpha value is -2.74. The number of anilines is 1. The predicted molar refractivity (Wildman–Crippen MR) is 105 cm³/mol. The first-order valence-corrected chi connectivity index (χ1v) is 9.91. The molecule has 140 valence electrons. The first-order valence-electron chi connectivity index (χ1n) is 9.09. The van der Waals surface area contributed by atoms with E-state index in [1.807, 2.05) is 11.0 Å². The highest BCUT2D eigenvalue weighted by atomic mass is 32.1. The summed E-state index contributed by atoms with van der Waals surface area (Å²) in [4.78, 5) is 30.7. The number of piperidine rings is 1. The fourth-order valence-electron chi connectivity index (χ4n) is 3.41. The van der Waals surface area contributed by atoms with Gasteiger partial charge >= 0.3 is 0 Å². The maximum Gasteiger partial charge on any atom is 0.275 e. The van der Waals surface area contributed by atoms with Gasteiger partial charge in [-0.05, 0) is 30.7 Å². The minimum Gasteiger partial charge on any atom is -0.351 e. The second kappa shape index (κ2) is 7.87. The van der Waals surface area contributed by atoms with E-state index in [1.165, 1.54) is 33.7 Å². The summed E-state index contributed by atoms with van der Waals surface area (Å²) < 4.78 is 1.24. The van der Waals surface area contributed by atoms with E-state index in [2.05, 4.69) is 39.7 Å². The summed E-state index contributed by atoms with van der Waals surface area (Å²) in [5, 5.41) is 7.72. The molecule has 1 fully saturated rings. The van der Waals surface area contributed by atoms with Crippen LogP contribution in [0.1, 0.15) is 18.4 Å². The number of carbonyl (C=O) groups excluding carboxylic acids is 1. The van der Waals surface area contributed by atoms with Crippen molar-refractivity contribution in [3.05, 3.63) is 58.5 Å². The minimum absolute atomic E-state index is 0.0627. The van der Waals surface area contributed by atoms with Gasteiger partial charge in [-0.1, -0.05) is 41.7 Å². The lowest BCUT2D eigenvalue weighted by atomic mass is 9.90. The molecule has 2 aromatic heterocycles. The number of nitrogens with zero attached hydrogens (tertiary/aromatic N) is 4. The quantitative estimate of drug-likeness (QED) is 0.729. The van der Waals surface area contributed by atoms with Gasteiger partial charge in [0.2, 0.25) is 16.0 Å². The van der Waals surface area contributed by atoms with Crippen LogP contribution in [0.25, 0.3) is 4.96 Å². The first-order chi connectivity index (χ1) is 13.2. The van der Waals surface area contributed by atoms with E-state index in [0.717, 1.165) is 32.4 Å². The Morgan fingerprint density at radius 3 is 2.70 bits per heavy atom. The maximum absolute atomic E-state index is 12.5. The van der Waals surface area contributed by atoms with Gasteiger partial charge in [0.05, 0.1) is 6.54 Å². The molecule has 1 amide bonds. The van der Waals surface area contributed by atoms with Crippen molar-refractivity contribution in [1.82, 2.24) is 19.5 Å². The third-order valence-electron chi connectivity index (χ3n) is 4.90. The van der Waals surface area contributed by atoms with Crippen molar-refractivity contribution in [1.29, 1.82) is 0 Å². The van der Waals surface area contributed by atoms with Gasteiger partial charge in [-0.2, -0.15) is 4.52 Å². The van der Waals surface area contributed by atoms with E-state index in [-0.39, 0.29) is 18.0 Å². The van der Waals surface area contributed by atoms with Gasteiger partial charge in [-0.15, -0.1) is 5.10 Å². The van der Waals surface area contributed by atoms with Crippen molar-refractivity contribution < 1.29 is 4.79 Å². The lowest BCUT2D eigenvalue weighted by Crippen LogP contribution is -2.41. The average molecular weight is 383 g/mol. The number of nitrogens with one attached hydrogen (secondary N) is 1. The summed E-state index contributed by atoms with van der Waals surface area (Å²) in [6.07, 6.45) is 4.60. The summed E-state index contributed by atoms with van der Waals surface area (Å²) in [5.74, 6) is 0.694. The van der Waals surface area contributed by atoms with Crippen LogP contribution in [0, 0.1) is 5.92 Å². The highest BCUT2D eigenvalue weighted by Crippen LogP contribution is 2.22. The van der Waals surface area contributed by atoms with E-state index < -0.39 is 0 Å². The molecule has 1 saturated heterocycles. The fraction of sp³-hybridized carbons (Fsp3) is 0.368. The van der Waals surface area contributed by atoms with Gasteiger partial charge in [0.1, 0.15) is 0 Å². The molecule has 4 rings (SSSR count). The summed E-state index contributed by atoms with van der Waals surface area (Å²) >= 11 is 1.26. The predicted octanol–water partition coefficient (Wildman–Crippen LogP) is 2.04. The van der Waals surface area contributed by atoms with Crippen molar-refractivity contribution in [2.45, 2.75) is 19.3 Å². The van der Waals surface area contributed by atoms with Gasteiger partial charge in [0.25, 0.3) is 5.56 Å². The summed E-state index contributed by atoms with van der Waals surface area (Å²) in [5.41, 5.74) is 1.14. The molecule has 0 aliphatic carbocycles. The zero-order chi connectivity index (χ0) is 18.6. The van der Waals surface area contributed by atoms with Crippen LogP contribution >= 0.6 is 11.3 Å². The molecule has 27 heavy (non-hydrogen) atoms. The molecule has 3 heterocycles. The standard InChI is InChI=1S/C19H21N5O2S/c25-16-6-9-20-19-24(16)22-18(27-19)21-13-17(26)23-10-7-15(8-11-23)12-14-4-2-1-3-5-14/h1-6,9,15H,7-8,10-13H2,(H,21,22). The Labute approximate surface area is 160 Å². The molecular formula is C19H21N5O2S. The van der Waals surface area contributed by atoms with E-state index in [1.54, 1.807) is 0 Å². The minimum atomic E-state index is -0.226. The number of likely N-dealkylation sites (tertiary alicyclic amines) is 1. The Morgan fingerprint density at radius 2 is 1.96 bits per heavy atom. The lowest BCUT2D eigenvalue weighted by Gasteiger charge is -2.32. The number of hydrogen-bond donors (Lipinski definition) is 1. The largest absolute Gasteiger partial charge is 0.351 e. The van der Waals surface area contributed by atoms with Gasteiger partial charge in [-0.25, -0.2) is 4.98 Å². The van der Waals surface area contributed by atoms with Crippen LogP contribution in [-0.2, 0) is 11.2 Å². The molecular weight excluding hydrogens is 362 g/mol. The zero-order valence-corrected chi connectivity index (χ0v) is 15.7. The molecule has 3 aromatic rings. The summed E-state index contributed by atoms with van der Waals surface area (Å²) in [7, 11) is 0. The van der Waals surface area contributed by atoms with Crippen LogP contribution in [0.2, 0.25) is 0 Å². The Morgan fingerprint density at radius 1 is 1.19 bits per heavy atom. The van der Waals surface area contributed by atoms with Crippen LogP contribution in [-0.4, -0.2) is 45.0 Å². The van der Waals surface area contributed by atoms with Crippen molar-refractivity contribution in [2.75, 3.05) is 25.0 Å². The van der Waals surface area contributed by atoms with E-state index in [4.69, 9.17) is 0 Å². The van der Waals surface area contributed by atoms with Crippen LogP contribution in [0.5, 0.6) is 0 Å². The molecule has 8 heteroatoms. The normalized spacial score (nSPS) is 15.2. The van der Waals surface area contributed by atoms with Crippen molar-refractivity contribution in [3.63, 3.8) is 0 Å². The monoisotopic (exact) mass is 383 g/mol. The molecule has 1 aromatic carbocycles. The second-order valence-electron chi connectivity index (χ2n) is 6.75. The highest BCUT2D eigenvalue weighted by Gasteiger charge is 2.23. The molecule has 1 N–H and O–H groups in total. The average Bonchev–Trinajstić information content (AvgIpc) is 3.12. The molecule has 1 aliphatic heterocycles. The van der Waals surface area contributed by atoms with E-state index >= 15 is 0 Å². The summed E-state index contributed by atoms with van der Waals surface area (Å²) in [6, 6.07) is 11.9. The Bertz CT molecular complexity index is 976. The van der Waals surface area contributed by atoms with Crippen LogP contribution in [0.3, 0.4) is 0 Å². The molecule has 0 unspecified atom stereocenters. The third kappa shape index (κ3) is 4.16. The van der Waals surface area contributed by atoms with E-state index in [9.17, 15) is 9.59 Å². The first kappa shape index (κ1) is 17.7. The van der Waals surface area contributed by atoms with Crippen LogP contribution in [0.4, 0.5) is 5.13 Å². The topological polar surface area (TPSA) is 79.6 Å². The van der Waals surface area contributed by atoms with Crippen LogP contribution < -0.4 is 10.9 Å². The fourth-order valence-corrected chi connectivity index (χ4v) is 4.18. The highest BCUT2D eigenvalue weighted by molar-refractivity contribution is 7.20. The van der Waals surface area contributed by atoms with Gasteiger partial charge < -0.3 is 10.2 Å². The lowest BCUT2D eigenvalue weighted by molar-refractivity contribution is -0.130. The molecule has 1 aliphatic rings. The van der Waals surface area contributed by atoms with Gasteiger partial charge in [-0.3, -0.25) is 9.59 Å². The molecule has 0 bridgehead atoms. The molecule has 0 saturated carbocycles. The smallest absolute Gasteiger partial charge is 0.275 e. The molecule has 0 spiro atoms. The van der Waals surface area contributed by atoms with Crippen molar-refractivity contribution in [3.8, 4) is 0 Å². The molecule has 0 atom stereocenters. The second-order valence-corrected chi connectivity index (χ2v) is 7.71. The summed E-state index contributed by atoms with van der Waals surface area (Å²) in [6.45, 7) is 1.76. The van der Waals surface area contributed by atoms with Crippen molar-refractivity contribution in [2.24, 2.45) is 5.92 Å². The number of amides is 1. The SMILES string of the molecule is O=C(CNc1nn2c(=O)ccnc2s1)N1CCC(Cc2ccccc2)CC1. The Balaban J connectivity index is 1.28. The van der Waals surface area contributed by atoms with E-state index in [0.29, 0.717) is 16.0 Å². The number of benzene rings is 1. The number of aromatic nitrogens is 3. The number of hydrogen-bond acceptors (Lipinski definition) is 6. The number of rotatable bonds is 5. The molecule has 7 nitrogen and oxygen atoms in total. The molecule has 0 radical (unpaired) electrons. The Kier molecular flexibility index (Phi) is 5.15.